The quantitative estimate of drug-likeness (QED) is 0.145. The highest BCUT2D eigenvalue weighted by molar-refractivity contribution is 6.23. The molecule has 264 valence electrons. The van der Waals surface area contributed by atoms with Crippen molar-refractivity contribution in [3.05, 3.63) is 231 Å². The minimum atomic E-state index is 1.11. The molecule has 0 atom stereocenters. The first-order valence-corrected chi connectivity index (χ1v) is 19.2. The number of rotatable bonds is 8. The number of hydrogen-bond acceptors (Lipinski definition) is 2. The van der Waals surface area contributed by atoms with E-state index >= 15 is 0 Å². The van der Waals surface area contributed by atoms with Crippen molar-refractivity contribution >= 4 is 66.4 Å². The van der Waals surface area contributed by atoms with E-state index in [1.165, 1.54) is 54.6 Å². The van der Waals surface area contributed by atoms with Crippen molar-refractivity contribution in [2.75, 3.05) is 9.80 Å². The SMILES string of the molecule is c1ccc(N(c2ccccc2)c2ccc(-c3c4ccccc4c(-c4ccc(N(c5ccccc5)c5ccccc5)cc4)c4cc5ccccc5cc34)cc2)cc1. The molecule has 0 bridgehead atoms. The summed E-state index contributed by atoms with van der Waals surface area (Å²) in [6.45, 7) is 0. The Hall–Kier alpha value is -7.42. The molecular formula is C54H38N2. The number of anilines is 6. The average Bonchev–Trinajstić information content (AvgIpc) is 3.27. The van der Waals surface area contributed by atoms with Crippen LogP contribution in [0.15, 0.2) is 231 Å². The fraction of sp³-hybridized carbons (Fsp3) is 0. The molecule has 0 fully saturated rings. The predicted molar refractivity (Wildman–Crippen MR) is 239 cm³/mol. The molecule has 2 nitrogen and oxygen atoms in total. The molecule has 0 radical (unpaired) electrons. The minimum Gasteiger partial charge on any atom is -0.311 e. The molecular weight excluding hydrogens is 677 g/mol. The van der Waals surface area contributed by atoms with Crippen molar-refractivity contribution in [1.29, 1.82) is 0 Å². The van der Waals surface area contributed by atoms with E-state index in [4.69, 9.17) is 0 Å². The zero-order valence-electron chi connectivity index (χ0n) is 30.8. The van der Waals surface area contributed by atoms with Gasteiger partial charge in [-0.1, -0.05) is 146 Å². The minimum absolute atomic E-state index is 1.11. The second-order valence-electron chi connectivity index (χ2n) is 14.1. The second kappa shape index (κ2) is 14.4. The van der Waals surface area contributed by atoms with Gasteiger partial charge in [0.1, 0.15) is 0 Å². The molecule has 0 aliphatic heterocycles. The van der Waals surface area contributed by atoms with Crippen LogP contribution in [0, 0.1) is 0 Å². The molecule has 0 unspecified atom stereocenters. The topological polar surface area (TPSA) is 6.48 Å². The van der Waals surface area contributed by atoms with Gasteiger partial charge in [0, 0.05) is 34.1 Å². The Balaban J connectivity index is 1.15. The summed E-state index contributed by atoms with van der Waals surface area (Å²) < 4.78 is 0. The monoisotopic (exact) mass is 714 g/mol. The molecule has 0 aliphatic carbocycles. The highest BCUT2D eigenvalue weighted by Crippen LogP contribution is 2.46. The summed E-state index contributed by atoms with van der Waals surface area (Å²) in [5.74, 6) is 0. The van der Waals surface area contributed by atoms with Crippen molar-refractivity contribution in [3.63, 3.8) is 0 Å². The predicted octanol–water partition coefficient (Wildman–Crippen LogP) is 15.4. The molecule has 10 aromatic carbocycles. The van der Waals surface area contributed by atoms with Crippen molar-refractivity contribution in [2.45, 2.75) is 0 Å². The Morgan fingerprint density at radius 3 is 0.804 bits per heavy atom. The number of nitrogens with zero attached hydrogens (tertiary/aromatic N) is 2. The zero-order valence-corrected chi connectivity index (χ0v) is 30.8. The third-order valence-electron chi connectivity index (χ3n) is 10.8. The van der Waals surface area contributed by atoms with Crippen LogP contribution in [0.5, 0.6) is 0 Å². The Morgan fingerprint density at radius 1 is 0.214 bits per heavy atom. The number of benzene rings is 10. The standard InChI is InChI=1S/C54H38N2/c1-5-19-43(20-6-1)55(44-21-7-2-8-22-44)47-33-29-39(30-34-47)53-49-27-15-16-28-50(49)54(52-38-42-18-14-13-17-41(42)37-51(52)53)40-31-35-48(36-32-40)56(45-23-9-3-10-24-45)46-25-11-4-12-26-46/h1-38H. The van der Waals surface area contributed by atoms with E-state index < -0.39 is 0 Å². The van der Waals surface area contributed by atoms with Crippen LogP contribution in [0.2, 0.25) is 0 Å². The molecule has 0 saturated carbocycles. The Labute approximate surface area is 327 Å². The highest BCUT2D eigenvalue weighted by Gasteiger charge is 2.20. The van der Waals surface area contributed by atoms with Crippen LogP contribution in [0.25, 0.3) is 54.6 Å². The van der Waals surface area contributed by atoms with E-state index in [1.54, 1.807) is 0 Å². The van der Waals surface area contributed by atoms with Crippen LogP contribution in [0.3, 0.4) is 0 Å². The largest absolute Gasteiger partial charge is 0.311 e. The van der Waals surface area contributed by atoms with E-state index in [9.17, 15) is 0 Å². The van der Waals surface area contributed by atoms with Crippen LogP contribution in [0.1, 0.15) is 0 Å². The fourth-order valence-corrected chi connectivity index (χ4v) is 8.24. The van der Waals surface area contributed by atoms with Crippen LogP contribution < -0.4 is 9.80 Å². The van der Waals surface area contributed by atoms with Gasteiger partial charge >= 0.3 is 0 Å². The summed E-state index contributed by atoms with van der Waals surface area (Å²) in [7, 11) is 0. The van der Waals surface area contributed by atoms with Gasteiger partial charge in [-0.2, -0.15) is 0 Å². The van der Waals surface area contributed by atoms with Gasteiger partial charge in [-0.05, 0) is 140 Å². The zero-order chi connectivity index (χ0) is 37.3. The molecule has 0 aromatic heterocycles. The maximum absolute atomic E-state index is 2.39. The van der Waals surface area contributed by atoms with Gasteiger partial charge < -0.3 is 9.80 Å². The van der Waals surface area contributed by atoms with Crippen LogP contribution in [0.4, 0.5) is 34.1 Å². The lowest BCUT2D eigenvalue weighted by Gasteiger charge is -2.26. The van der Waals surface area contributed by atoms with Gasteiger partial charge in [-0.3, -0.25) is 0 Å². The first-order valence-electron chi connectivity index (χ1n) is 19.2. The molecule has 2 heteroatoms. The van der Waals surface area contributed by atoms with E-state index in [2.05, 4.69) is 240 Å². The van der Waals surface area contributed by atoms with Crippen molar-refractivity contribution < 1.29 is 0 Å². The van der Waals surface area contributed by atoms with Gasteiger partial charge in [0.2, 0.25) is 0 Å². The highest BCUT2D eigenvalue weighted by atomic mass is 15.1. The van der Waals surface area contributed by atoms with Gasteiger partial charge in [0.25, 0.3) is 0 Å². The number of fused-ring (bicyclic) bond motifs is 3. The Kier molecular flexibility index (Phi) is 8.55. The first kappa shape index (κ1) is 33.2. The normalized spacial score (nSPS) is 11.2. The molecule has 0 saturated heterocycles. The summed E-state index contributed by atoms with van der Waals surface area (Å²) in [6.07, 6.45) is 0. The van der Waals surface area contributed by atoms with E-state index in [0.717, 1.165) is 34.1 Å². The molecule has 0 aliphatic rings. The van der Waals surface area contributed by atoms with Crippen LogP contribution >= 0.6 is 0 Å². The molecule has 0 amide bonds. The van der Waals surface area contributed by atoms with Gasteiger partial charge in [0.15, 0.2) is 0 Å². The Morgan fingerprint density at radius 2 is 0.482 bits per heavy atom. The van der Waals surface area contributed by atoms with Gasteiger partial charge in [-0.15, -0.1) is 0 Å². The van der Waals surface area contributed by atoms with E-state index in [-0.39, 0.29) is 0 Å². The molecule has 0 heterocycles. The molecule has 0 spiro atoms. The fourth-order valence-electron chi connectivity index (χ4n) is 8.24. The second-order valence-corrected chi connectivity index (χ2v) is 14.1. The lowest BCUT2D eigenvalue weighted by atomic mass is 9.85. The molecule has 56 heavy (non-hydrogen) atoms. The lowest BCUT2D eigenvalue weighted by Crippen LogP contribution is -2.09. The maximum atomic E-state index is 2.39. The number of hydrogen-bond donors (Lipinski definition) is 0. The van der Waals surface area contributed by atoms with Gasteiger partial charge in [-0.25, -0.2) is 0 Å². The van der Waals surface area contributed by atoms with E-state index in [1.807, 2.05) is 0 Å². The summed E-state index contributed by atoms with van der Waals surface area (Å²) in [4.78, 5) is 4.63. The van der Waals surface area contributed by atoms with Crippen molar-refractivity contribution in [2.24, 2.45) is 0 Å². The smallest absolute Gasteiger partial charge is 0.0462 e. The number of para-hydroxylation sites is 4. The average molecular weight is 715 g/mol. The van der Waals surface area contributed by atoms with Gasteiger partial charge in [0.05, 0.1) is 0 Å². The maximum Gasteiger partial charge on any atom is 0.0462 e. The summed E-state index contributed by atoms with van der Waals surface area (Å²) in [5, 5.41) is 7.42. The summed E-state index contributed by atoms with van der Waals surface area (Å²) in [6, 6.07) is 83.0. The molecule has 10 aromatic rings. The van der Waals surface area contributed by atoms with E-state index in [0.29, 0.717) is 0 Å². The third kappa shape index (κ3) is 6.04. The molecule has 0 N–H and O–H groups in total. The van der Waals surface area contributed by atoms with Crippen LogP contribution in [-0.2, 0) is 0 Å². The third-order valence-corrected chi connectivity index (χ3v) is 10.8. The van der Waals surface area contributed by atoms with Crippen molar-refractivity contribution in [3.8, 4) is 22.3 Å². The summed E-state index contributed by atoms with van der Waals surface area (Å²) in [5.41, 5.74) is 11.6. The summed E-state index contributed by atoms with van der Waals surface area (Å²) >= 11 is 0. The lowest BCUT2D eigenvalue weighted by molar-refractivity contribution is 1.28. The van der Waals surface area contributed by atoms with Crippen molar-refractivity contribution in [1.82, 2.24) is 0 Å². The Bertz CT molecular complexity index is 2640. The molecule has 10 rings (SSSR count). The van der Waals surface area contributed by atoms with Crippen LogP contribution in [-0.4, -0.2) is 0 Å². The first-order chi connectivity index (χ1) is 27.8.